The summed E-state index contributed by atoms with van der Waals surface area (Å²) in [6.45, 7) is 5.22. The average molecular weight is 255 g/mol. The Morgan fingerprint density at radius 1 is 1.56 bits per heavy atom. The van der Waals surface area contributed by atoms with E-state index in [9.17, 15) is 4.79 Å². The molecule has 0 atom stereocenters. The normalized spacial score (nSPS) is 10.6. The Kier molecular flexibility index (Phi) is 6.97. The summed E-state index contributed by atoms with van der Waals surface area (Å²) in [6, 6.07) is 0. The van der Waals surface area contributed by atoms with Crippen molar-refractivity contribution < 1.29 is 9.53 Å². The lowest BCUT2D eigenvalue weighted by molar-refractivity contribution is -0.121. The predicted octanol–water partition coefficient (Wildman–Crippen LogP) is -0.460. The molecular weight excluding hydrogens is 234 g/mol. The SMILES string of the molecule is CCNC(=O)CCn1cc(CNCCOC)nn1. The number of rotatable bonds is 9. The zero-order valence-corrected chi connectivity index (χ0v) is 11.0. The summed E-state index contributed by atoms with van der Waals surface area (Å²) in [5.41, 5.74) is 0.863. The van der Waals surface area contributed by atoms with Crippen LogP contribution in [0.25, 0.3) is 0 Å². The van der Waals surface area contributed by atoms with Crippen LogP contribution in [0.5, 0.6) is 0 Å². The van der Waals surface area contributed by atoms with Crippen LogP contribution in [0.15, 0.2) is 6.20 Å². The largest absolute Gasteiger partial charge is 0.383 e. The highest BCUT2D eigenvalue weighted by Gasteiger charge is 2.03. The molecule has 7 heteroatoms. The zero-order valence-electron chi connectivity index (χ0n) is 11.0. The quantitative estimate of drug-likeness (QED) is 0.584. The molecule has 0 aliphatic heterocycles. The molecule has 7 nitrogen and oxygen atoms in total. The fourth-order valence-electron chi connectivity index (χ4n) is 1.42. The van der Waals surface area contributed by atoms with Gasteiger partial charge >= 0.3 is 0 Å². The van der Waals surface area contributed by atoms with E-state index < -0.39 is 0 Å². The number of aromatic nitrogens is 3. The van der Waals surface area contributed by atoms with Gasteiger partial charge in [0.05, 0.1) is 18.8 Å². The van der Waals surface area contributed by atoms with Crippen LogP contribution in [-0.4, -0.2) is 47.7 Å². The molecule has 2 N–H and O–H groups in total. The fraction of sp³-hybridized carbons (Fsp3) is 0.727. The first kappa shape index (κ1) is 14.6. The van der Waals surface area contributed by atoms with Crippen molar-refractivity contribution in [3.8, 4) is 0 Å². The van der Waals surface area contributed by atoms with Crippen LogP contribution in [0.1, 0.15) is 19.0 Å². The van der Waals surface area contributed by atoms with E-state index in [0.29, 0.717) is 32.7 Å². The second-order valence-corrected chi connectivity index (χ2v) is 3.85. The van der Waals surface area contributed by atoms with E-state index in [-0.39, 0.29) is 5.91 Å². The van der Waals surface area contributed by atoms with Crippen molar-refractivity contribution in [3.63, 3.8) is 0 Å². The van der Waals surface area contributed by atoms with E-state index in [1.807, 2.05) is 13.1 Å². The number of nitrogens with one attached hydrogen (secondary N) is 2. The molecular formula is C11H21N5O2. The van der Waals surface area contributed by atoms with E-state index in [1.165, 1.54) is 0 Å². The topological polar surface area (TPSA) is 81.1 Å². The van der Waals surface area contributed by atoms with E-state index in [1.54, 1.807) is 11.8 Å². The minimum atomic E-state index is 0.0350. The fourth-order valence-corrected chi connectivity index (χ4v) is 1.42. The number of methoxy groups -OCH3 is 1. The molecule has 102 valence electrons. The van der Waals surface area contributed by atoms with Gasteiger partial charge in [-0.15, -0.1) is 5.10 Å². The first-order valence-corrected chi connectivity index (χ1v) is 6.11. The van der Waals surface area contributed by atoms with E-state index in [0.717, 1.165) is 12.2 Å². The van der Waals surface area contributed by atoms with Crippen molar-refractivity contribution >= 4 is 5.91 Å². The van der Waals surface area contributed by atoms with Crippen LogP contribution in [-0.2, 0) is 22.6 Å². The number of hydrogen-bond acceptors (Lipinski definition) is 5. The Hall–Kier alpha value is -1.47. The Bertz CT molecular complexity index is 353. The molecule has 1 aromatic rings. The Labute approximate surface area is 107 Å². The summed E-state index contributed by atoms with van der Waals surface area (Å²) in [5, 5.41) is 13.9. The van der Waals surface area contributed by atoms with Crippen molar-refractivity contribution in [2.24, 2.45) is 0 Å². The van der Waals surface area contributed by atoms with Gasteiger partial charge < -0.3 is 15.4 Å². The predicted molar refractivity (Wildman–Crippen MR) is 66.9 cm³/mol. The lowest BCUT2D eigenvalue weighted by Gasteiger charge is -2.01. The Morgan fingerprint density at radius 2 is 2.39 bits per heavy atom. The van der Waals surface area contributed by atoms with Crippen LogP contribution in [0.2, 0.25) is 0 Å². The van der Waals surface area contributed by atoms with Gasteiger partial charge in [-0.05, 0) is 6.92 Å². The van der Waals surface area contributed by atoms with Gasteiger partial charge in [0.15, 0.2) is 0 Å². The van der Waals surface area contributed by atoms with Gasteiger partial charge in [0.25, 0.3) is 0 Å². The van der Waals surface area contributed by atoms with Crippen molar-refractivity contribution in [1.29, 1.82) is 0 Å². The summed E-state index contributed by atoms with van der Waals surface area (Å²) in [4.78, 5) is 11.3. The molecule has 0 saturated heterocycles. The first-order chi connectivity index (χ1) is 8.76. The summed E-state index contributed by atoms with van der Waals surface area (Å²) < 4.78 is 6.61. The maximum absolute atomic E-state index is 11.3. The molecule has 1 rings (SSSR count). The van der Waals surface area contributed by atoms with Gasteiger partial charge in [-0.1, -0.05) is 5.21 Å². The highest BCUT2D eigenvalue weighted by atomic mass is 16.5. The molecule has 0 spiro atoms. The van der Waals surface area contributed by atoms with Gasteiger partial charge in [-0.25, -0.2) is 0 Å². The summed E-state index contributed by atoms with van der Waals surface area (Å²) in [5.74, 6) is 0.0350. The Balaban J connectivity index is 2.23. The molecule has 0 bridgehead atoms. The number of ether oxygens (including phenoxy) is 1. The molecule has 1 aromatic heterocycles. The minimum Gasteiger partial charge on any atom is -0.383 e. The number of amides is 1. The highest BCUT2D eigenvalue weighted by molar-refractivity contribution is 5.75. The van der Waals surface area contributed by atoms with Crippen LogP contribution in [0.3, 0.4) is 0 Å². The third-order valence-electron chi connectivity index (χ3n) is 2.32. The first-order valence-electron chi connectivity index (χ1n) is 6.11. The Morgan fingerprint density at radius 3 is 3.11 bits per heavy atom. The zero-order chi connectivity index (χ0) is 13.2. The van der Waals surface area contributed by atoms with E-state index in [4.69, 9.17) is 4.74 Å². The highest BCUT2D eigenvalue weighted by Crippen LogP contribution is 1.94. The summed E-state index contributed by atoms with van der Waals surface area (Å²) in [6.07, 6.45) is 2.27. The van der Waals surface area contributed by atoms with Crippen molar-refractivity contribution in [2.45, 2.75) is 26.4 Å². The van der Waals surface area contributed by atoms with Crippen molar-refractivity contribution in [2.75, 3.05) is 26.8 Å². The molecule has 18 heavy (non-hydrogen) atoms. The molecule has 0 radical (unpaired) electrons. The number of nitrogens with zero attached hydrogens (tertiary/aromatic N) is 3. The average Bonchev–Trinajstić information content (AvgIpc) is 2.81. The number of carbonyl (C=O) groups excluding carboxylic acids is 1. The van der Waals surface area contributed by atoms with Gasteiger partial charge in [-0.2, -0.15) is 0 Å². The molecule has 0 aliphatic carbocycles. The monoisotopic (exact) mass is 255 g/mol. The summed E-state index contributed by atoms with van der Waals surface area (Å²) >= 11 is 0. The van der Waals surface area contributed by atoms with Crippen molar-refractivity contribution in [3.05, 3.63) is 11.9 Å². The maximum atomic E-state index is 11.3. The van der Waals surface area contributed by atoms with E-state index in [2.05, 4.69) is 20.9 Å². The third-order valence-corrected chi connectivity index (χ3v) is 2.32. The molecule has 0 unspecified atom stereocenters. The van der Waals surface area contributed by atoms with Crippen LogP contribution in [0.4, 0.5) is 0 Å². The number of aryl methyl sites for hydroxylation is 1. The standard InChI is InChI=1S/C11H21N5O2/c1-3-13-11(17)4-6-16-9-10(14-15-16)8-12-5-7-18-2/h9,12H,3-8H2,1-2H3,(H,13,17). The molecule has 1 amide bonds. The molecule has 0 fully saturated rings. The smallest absolute Gasteiger partial charge is 0.221 e. The van der Waals surface area contributed by atoms with Crippen LogP contribution < -0.4 is 10.6 Å². The van der Waals surface area contributed by atoms with Crippen molar-refractivity contribution in [1.82, 2.24) is 25.6 Å². The minimum absolute atomic E-state index is 0.0350. The van der Waals surface area contributed by atoms with E-state index >= 15 is 0 Å². The maximum Gasteiger partial charge on any atom is 0.221 e. The second-order valence-electron chi connectivity index (χ2n) is 3.85. The third kappa shape index (κ3) is 5.74. The summed E-state index contributed by atoms with van der Waals surface area (Å²) in [7, 11) is 1.67. The van der Waals surface area contributed by atoms with Gasteiger partial charge in [0.2, 0.25) is 5.91 Å². The molecule has 0 aromatic carbocycles. The van der Waals surface area contributed by atoms with Crippen LogP contribution >= 0.6 is 0 Å². The molecule has 0 aliphatic rings. The number of hydrogen-bond donors (Lipinski definition) is 2. The van der Waals surface area contributed by atoms with Crippen LogP contribution in [0, 0.1) is 0 Å². The van der Waals surface area contributed by atoms with Gasteiger partial charge in [0.1, 0.15) is 0 Å². The lowest BCUT2D eigenvalue weighted by atomic mass is 10.4. The molecule has 0 saturated carbocycles. The number of carbonyl (C=O) groups is 1. The second kappa shape index (κ2) is 8.60. The van der Waals surface area contributed by atoms with Gasteiger partial charge in [0, 0.05) is 39.4 Å². The molecule has 1 heterocycles. The lowest BCUT2D eigenvalue weighted by Crippen LogP contribution is -2.23. The van der Waals surface area contributed by atoms with Gasteiger partial charge in [-0.3, -0.25) is 9.48 Å².